The Hall–Kier alpha value is -2.67. The molecule has 1 aromatic carbocycles. The highest BCUT2D eigenvalue weighted by Gasteiger charge is 2.31. The van der Waals surface area contributed by atoms with Gasteiger partial charge in [0.2, 0.25) is 0 Å². The summed E-state index contributed by atoms with van der Waals surface area (Å²) in [4.78, 5) is 26.0. The molecule has 1 saturated carbocycles. The average molecular weight is 343 g/mol. The van der Waals surface area contributed by atoms with Crippen LogP contribution in [0.3, 0.4) is 0 Å². The van der Waals surface area contributed by atoms with E-state index in [1.165, 1.54) is 11.5 Å². The Bertz CT molecular complexity index is 857. The van der Waals surface area contributed by atoms with Crippen LogP contribution in [0, 0.1) is 5.82 Å². The van der Waals surface area contributed by atoms with E-state index in [0.29, 0.717) is 42.4 Å². The zero-order valence-corrected chi connectivity index (χ0v) is 13.5. The Kier molecular flexibility index (Phi) is 3.80. The van der Waals surface area contributed by atoms with Crippen LogP contribution in [-0.4, -0.2) is 33.0 Å². The minimum Gasteiger partial charge on any atom is -0.340 e. The third-order valence-corrected chi connectivity index (χ3v) is 4.90. The van der Waals surface area contributed by atoms with E-state index in [0.717, 1.165) is 12.8 Å². The number of nitrogens with zero attached hydrogens (tertiary/aromatic N) is 2. The van der Waals surface area contributed by atoms with Gasteiger partial charge < -0.3 is 9.47 Å². The van der Waals surface area contributed by atoms with Gasteiger partial charge in [-0.05, 0) is 48.6 Å². The largest absolute Gasteiger partial charge is 0.340 e. The molecule has 0 atom stereocenters. The summed E-state index contributed by atoms with van der Waals surface area (Å²) in [7, 11) is 0. The van der Waals surface area contributed by atoms with Crippen molar-refractivity contribution in [1.29, 1.82) is 0 Å². The molecule has 2 N–H and O–H groups in total. The fourth-order valence-corrected chi connectivity index (χ4v) is 3.43. The van der Waals surface area contributed by atoms with Gasteiger partial charge in [-0.1, -0.05) is 6.07 Å². The van der Waals surface area contributed by atoms with Crippen LogP contribution in [0.2, 0.25) is 0 Å². The van der Waals surface area contributed by atoms with Gasteiger partial charge in [0.05, 0.1) is 5.56 Å². The Morgan fingerprint density at radius 2 is 2.04 bits per heavy atom. The molecule has 4 rings (SSSR count). The van der Waals surface area contributed by atoms with E-state index < -0.39 is 11.7 Å². The lowest BCUT2D eigenvalue weighted by atomic mass is 9.96. The SMILES string of the molecule is O=C(NO)c1ccc2c(c1F)CCN(C(=O)c1cccn1C1CC1)C2. The number of fused-ring (bicyclic) bond motifs is 1. The molecule has 1 aromatic heterocycles. The molecule has 2 aromatic rings. The first kappa shape index (κ1) is 15.8. The highest BCUT2D eigenvalue weighted by atomic mass is 19.1. The second kappa shape index (κ2) is 6.00. The van der Waals surface area contributed by atoms with E-state index in [4.69, 9.17) is 5.21 Å². The summed E-state index contributed by atoms with van der Waals surface area (Å²) < 4.78 is 16.5. The van der Waals surface area contributed by atoms with Crippen molar-refractivity contribution in [2.75, 3.05) is 6.54 Å². The number of hydrogen-bond donors (Lipinski definition) is 2. The normalized spacial score (nSPS) is 16.5. The molecule has 6 nitrogen and oxygen atoms in total. The van der Waals surface area contributed by atoms with E-state index in [9.17, 15) is 14.0 Å². The monoisotopic (exact) mass is 343 g/mol. The van der Waals surface area contributed by atoms with Gasteiger partial charge >= 0.3 is 0 Å². The molecule has 0 spiro atoms. The average Bonchev–Trinajstić information content (AvgIpc) is 3.37. The number of aromatic nitrogens is 1. The van der Waals surface area contributed by atoms with E-state index >= 15 is 0 Å². The molecule has 7 heteroatoms. The minimum atomic E-state index is -0.874. The predicted molar refractivity (Wildman–Crippen MR) is 86.8 cm³/mol. The fourth-order valence-electron chi connectivity index (χ4n) is 3.43. The summed E-state index contributed by atoms with van der Waals surface area (Å²) in [5.41, 5.74) is 3.05. The molecule has 0 bridgehead atoms. The number of carbonyl (C=O) groups is 2. The lowest BCUT2D eigenvalue weighted by Gasteiger charge is -2.30. The summed E-state index contributed by atoms with van der Waals surface area (Å²) in [5, 5.41) is 8.69. The third kappa shape index (κ3) is 2.70. The molecule has 2 heterocycles. The molecule has 0 unspecified atom stereocenters. The molecule has 1 aliphatic carbocycles. The zero-order valence-electron chi connectivity index (χ0n) is 13.5. The molecule has 1 aliphatic heterocycles. The molecule has 130 valence electrons. The Morgan fingerprint density at radius 1 is 1.24 bits per heavy atom. The quantitative estimate of drug-likeness (QED) is 0.663. The molecule has 0 saturated heterocycles. The van der Waals surface area contributed by atoms with Gasteiger partial charge in [0.15, 0.2) is 0 Å². The van der Waals surface area contributed by atoms with Crippen molar-refractivity contribution in [1.82, 2.24) is 14.9 Å². The Morgan fingerprint density at radius 3 is 2.76 bits per heavy atom. The summed E-state index contributed by atoms with van der Waals surface area (Å²) in [6.07, 6.45) is 4.46. The number of nitrogens with one attached hydrogen (secondary N) is 1. The smallest absolute Gasteiger partial charge is 0.277 e. The molecule has 2 aliphatic rings. The van der Waals surface area contributed by atoms with Gasteiger partial charge in [-0.2, -0.15) is 0 Å². The van der Waals surface area contributed by atoms with Gasteiger partial charge in [0, 0.05) is 25.3 Å². The second-order valence-electron chi connectivity index (χ2n) is 6.51. The Labute approximate surface area is 143 Å². The maximum absolute atomic E-state index is 14.5. The van der Waals surface area contributed by atoms with E-state index in [2.05, 4.69) is 0 Å². The molecular weight excluding hydrogens is 325 g/mol. The van der Waals surface area contributed by atoms with Gasteiger partial charge in [0.1, 0.15) is 11.5 Å². The molecule has 25 heavy (non-hydrogen) atoms. The van der Waals surface area contributed by atoms with Gasteiger partial charge in [-0.25, -0.2) is 9.87 Å². The molecule has 2 amide bonds. The highest BCUT2D eigenvalue weighted by molar-refractivity contribution is 5.94. The highest BCUT2D eigenvalue weighted by Crippen LogP contribution is 2.36. The molecule has 0 radical (unpaired) electrons. The first-order chi connectivity index (χ1) is 12.1. The minimum absolute atomic E-state index is 0.0554. The fraction of sp³-hybridized carbons (Fsp3) is 0.333. The van der Waals surface area contributed by atoms with Crippen molar-refractivity contribution in [2.45, 2.75) is 31.8 Å². The van der Waals surface area contributed by atoms with Gasteiger partial charge in [0.25, 0.3) is 11.8 Å². The van der Waals surface area contributed by atoms with Crippen LogP contribution in [0.1, 0.15) is 50.9 Å². The van der Waals surface area contributed by atoms with E-state index in [1.54, 1.807) is 11.0 Å². The van der Waals surface area contributed by atoms with Crippen LogP contribution in [0.25, 0.3) is 0 Å². The van der Waals surface area contributed by atoms with Crippen molar-refractivity contribution in [3.05, 3.63) is 58.7 Å². The van der Waals surface area contributed by atoms with Crippen molar-refractivity contribution in [2.24, 2.45) is 0 Å². The maximum atomic E-state index is 14.5. The van der Waals surface area contributed by atoms with Crippen molar-refractivity contribution >= 4 is 11.8 Å². The van der Waals surface area contributed by atoms with Crippen LogP contribution >= 0.6 is 0 Å². The van der Waals surface area contributed by atoms with Crippen LogP contribution in [0.4, 0.5) is 4.39 Å². The first-order valence-electron chi connectivity index (χ1n) is 8.31. The van der Waals surface area contributed by atoms with Crippen molar-refractivity contribution in [3.8, 4) is 0 Å². The summed E-state index contributed by atoms with van der Waals surface area (Å²) >= 11 is 0. The zero-order chi connectivity index (χ0) is 17.6. The lowest BCUT2D eigenvalue weighted by Crippen LogP contribution is -2.37. The number of benzene rings is 1. The molecular formula is C18H18FN3O3. The second-order valence-corrected chi connectivity index (χ2v) is 6.51. The lowest BCUT2D eigenvalue weighted by molar-refractivity contribution is 0.0695. The Balaban J connectivity index is 1.59. The van der Waals surface area contributed by atoms with Crippen LogP contribution in [0.5, 0.6) is 0 Å². The number of amides is 2. The number of hydrogen-bond acceptors (Lipinski definition) is 3. The molecule has 1 fully saturated rings. The standard InChI is InChI=1S/C18H18FN3O3/c19-16-13-7-9-21(10-11(13)3-6-14(16)17(23)20-25)18(24)15-2-1-8-22(15)12-4-5-12/h1-3,6,8,12,25H,4-5,7,9-10H2,(H,20,23). The van der Waals surface area contributed by atoms with Crippen LogP contribution in [-0.2, 0) is 13.0 Å². The number of hydroxylamine groups is 1. The maximum Gasteiger partial charge on any atom is 0.277 e. The van der Waals surface area contributed by atoms with Crippen molar-refractivity contribution < 1.29 is 19.2 Å². The van der Waals surface area contributed by atoms with Crippen molar-refractivity contribution in [3.63, 3.8) is 0 Å². The first-order valence-corrected chi connectivity index (χ1v) is 8.31. The number of rotatable bonds is 3. The van der Waals surface area contributed by atoms with E-state index in [-0.39, 0.29) is 11.5 Å². The van der Waals surface area contributed by atoms with Gasteiger partial charge in [-0.3, -0.25) is 14.8 Å². The topological polar surface area (TPSA) is 74.6 Å². The third-order valence-electron chi connectivity index (χ3n) is 4.90. The number of halogens is 1. The van der Waals surface area contributed by atoms with Gasteiger partial charge in [-0.15, -0.1) is 0 Å². The van der Waals surface area contributed by atoms with Crippen LogP contribution < -0.4 is 5.48 Å². The van der Waals surface area contributed by atoms with Crippen LogP contribution in [0.15, 0.2) is 30.5 Å². The number of carbonyl (C=O) groups excluding carboxylic acids is 2. The van der Waals surface area contributed by atoms with E-state index in [1.807, 2.05) is 22.9 Å². The summed E-state index contributed by atoms with van der Waals surface area (Å²) in [6, 6.07) is 7.10. The summed E-state index contributed by atoms with van der Waals surface area (Å²) in [6.45, 7) is 0.699. The summed E-state index contributed by atoms with van der Waals surface area (Å²) in [5.74, 6) is -1.56. The predicted octanol–water partition coefficient (Wildman–Crippen LogP) is 2.28.